The van der Waals surface area contributed by atoms with Crippen molar-refractivity contribution in [3.8, 4) is 0 Å². The predicted molar refractivity (Wildman–Crippen MR) is 71.9 cm³/mol. The number of benzene rings is 1. The van der Waals surface area contributed by atoms with E-state index in [1.54, 1.807) is 0 Å². The summed E-state index contributed by atoms with van der Waals surface area (Å²) >= 11 is 3.50. The number of halogens is 1. The monoisotopic (exact) mass is 298 g/mol. The lowest BCUT2D eigenvalue weighted by molar-refractivity contribution is -0.169. The zero-order valence-electron chi connectivity index (χ0n) is 10.2. The highest BCUT2D eigenvalue weighted by atomic mass is 79.9. The predicted octanol–water partition coefficient (Wildman–Crippen LogP) is 4.05. The molecule has 1 saturated heterocycles. The van der Waals surface area contributed by atoms with Crippen LogP contribution in [0.15, 0.2) is 22.7 Å². The Morgan fingerprint density at radius 3 is 2.94 bits per heavy atom. The normalized spacial score (nSPS) is 20.5. The van der Waals surface area contributed by atoms with E-state index < -0.39 is 0 Å². The van der Waals surface area contributed by atoms with Gasteiger partial charge in [-0.1, -0.05) is 28.9 Å². The second-order valence-electron chi connectivity index (χ2n) is 4.37. The molecule has 0 aromatic heterocycles. The molecule has 0 aliphatic carbocycles. The molecule has 0 amide bonds. The first-order valence-corrected chi connectivity index (χ1v) is 7.09. The van der Waals surface area contributed by atoms with Crippen LogP contribution in [0.4, 0.5) is 0 Å². The Balaban J connectivity index is 1.93. The van der Waals surface area contributed by atoms with Crippen molar-refractivity contribution >= 4 is 15.9 Å². The topological polar surface area (TPSA) is 18.5 Å². The lowest BCUT2D eigenvalue weighted by atomic mass is 10.1. The first-order chi connectivity index (χ1) is 8.29. The van der Waals surface area contributed by atoms with E-state index in [9.17, 15) is 0 Å². The van der Waals surface area contributed by atoms with Gasteiger partial charge >= 0.3 is 0 Å². The number of ether oxygens (including phenoxy) is 2. The van der Waals surface area contributed by atoms with Gasteiger partial charge in [-0.25, -0.2) is 0 Å². The summed E-state index contributed by atoms with van der Waals surface area (Å²) in [7, 11) is 0. The maximum absolute atomic E-state index is 5.81. The van der Waals surface area contributed by atoms with E-state index in [4.69, 9.17) is 9.47 Å². The molecule has 1 aromatic carbocycles. The SMILES string of the molecule is CCc1cc(Br)ccc1CO[C@@H]1CCCCO1. The quantitative estimate of drug-likeness (QED) is 0.835. The Morgan fingerprint density at radius 1 is 1.35 bits per heavy atom. The number of hydrogen-bond acceptors (Lipinski definition) is 2. The Bertz CT molecular complexity index is 359. The lowest BCUT2D eigenvalue weighted by Gasteiger charge is -2.23. The summed E-state index contributed by atoms with van der Waals surface area (Å²) in [5.41, 5.74) is 2.61. The highest BCUT2D eigenvalue weighted by molar-refractivity contribution is 9.10. The summed E-state index contributed by atoms with van der Waals surface area (Å²) in [4.78, 5) is 0. The molecule has 0 saturated carbocycles. The van der Waals surface area contributed by atoms with Gasteiger partial charge in [0.25, 0.3) is 0 Å². The van der Waals surface area contributed by atoms with Crippen molar-refractivity contribution in [1.82, 2.24) is 0 Å². The van der Waals surface area contributed by atoms with Crippen LogP contribution in [0.2, 0.25) is 0 Å². The Hall–Kier alpha value is -0.380. The van der Waals surface area contributed by atoms with Gasteiger partial charge in [0.05, 0.1) is 6.61 Å². The van der Waals surface area contributed by atoms with Crippen molar-refractivity contribution in [3.05, 3.63) is 33.8 Å². The van der Waals surface area contributed by atoms with Crippen molar-refractivity contribution in [2.45, 2.75) is 45.5 Å². The fraction of sp³-hybridized carbons (Fsp3) is 0.571. The standard InChI is InChI=1S/C14H19BrO2/c1-2-11-9-13(15)7-6-12(11)10-17-14-5-3-4-8-16-14/h6-7,9,14H,2-5,8,10H2,1H3/t14-/m1/s1. The van der Waals surface area contributed by atoms with Crippen LogP contribution in [0, 0.1) is 0 Å². The maximum atomic E-state index is 5.81. The smallest absolute Gasteiger partial charge is 0.158 e. The first-order valence-electron chi connectivity index (χ1n) is 6.30. The van der Waals surface area contributed by atoms with Gasteiger partial charge in [0.1, 0.15) is 0 Å². The molecule has 2 rings (SSSR count). The highest BCUT2D eigenvalue weighted by Gasteiger charge is 2.14. The third-order valence-electron chi connectivity index (χ3n) is 3.11. The van der Waals surface area contributed by atoms with Crippen LogP contribution in [-0.4, -0.2) is 12.9 Å². The Labute approximate surface area is 111 Å². The molecule has 17 heavy (non-hydrogen) atoms. The molecular formula is C14H19BrO2. The average molecular weight is 299 g/mol. The van der Waals surface area contributed by atoms with E-state index in [-0.39, 0.29) is 6.29 Å². The lowest BCUT2D eigenvalue weighted by Crippen LogP contribution is -2.22. The largest absolute Gasteiger partial charge is 0.353 e. The maximum Gasteiger partial charge on any atom is 0.158 e. The molecule has 1 atom stereocenters. The molecule has 1 aliphatic rings. The Morgan fingerprint density at radius 2 is 2.24 bits per heavy atom. The molecule has 2 nitrogen and oxygen atoms in total. The van der Waals surface area contributed by atoms with Crippen LogP contribution in [0.1, 0.15) is 37.3 Å². The molecule has 0 radical (unpaired) electrons. The third kappa shape index (κ3) is 3.80. The molecule has 94 valence electrons. The zero-order valence-corrected chi connectivity index (χ0v) is 11.8. The summed E-state index contributed by atoms with van der Waals surface area (Å²) in [5, 5.41) is 0. The van der Waals surface area contributed by atoms with Gasteiger partial charge in [-0.2, -0.15) is 0 Å². The van der Waals surface area contributed by atoms with Crippen molar-refractivity contribution in [3.63, 3.8) is 0 Å². The van der Waals surface area contributed by atoms with Crippen LogP contribution in [0.3, 0.4) is 0 Å². The second kappa shape index (κ2) is 6.53. The molecule has 1 fully saturated rings. The summed E-state index contributed by atoms with van der Waals surface area (Å²) in [6.07, 6.45) is 4.43. The summed E-state index contributed by atoms with van der Waals surface area (Å²) < 4.78 is 12.5. The van der Waals surface area contributed by atoms with Crippen LogP contribution in [0.25, 0.3) is 0 Å². The molecular weight excluding hydrogens is 280 g/mol. The molecule has 0 unspecified atom stereocenters. The fourth-order valence-corrected chi connectivity index (χ4v) is 2.50. The van der Waals surface area contributed by atoms with Gasteiger partial charge in [0.2, 0.25) is 0 Å². The van der Waals surface area contributed by atoms with E-state index in [1.807, 2.05) is 0 Å². The molecule has 1 aliphatic heterocycles. The van der Waals surface area contributed by atoms with Gasteiger partial charge in [0.15, 0.2) is 6.29 Å². The van der Waals surface area contributed by atoms with E-state index in [1.165, 1.54) is 24.0 Å². The van der Waals surface area contributed by atoms with E-state index in [2.05, 4.69) is 41.1 Å². The van der Waals surface area contributed by atoms with Gasteiger partial charge in [-0.15, -0.1) is 0 Å². The number of hydrogen-bond donors (Lipinski definition) is 0. The molecule has 0 bridgehead atoms. The van der Waals surface area contributed by atoms with Gasteiger partial charge in [0, 0.05) is 11.1 Å². The minimum atomic E-state index is -0.00268. The van der Waals surface area contributed by atoms with Crippen LogP contribution < -0.4 is 0 Å². The minimum Gasteiger partial charge on any atom is -0.353 e. The van der Waals surface area contributed by atoms with Crippen molar-refractivity contribution < 1.29 is 9.47 Å². The van der Waals surface area contributed by atoms with Crippen molar-refractivity contribution in [2.24, 2.45) is 0 Å². The molecule has 3 heteroatoms. The van der Waals surface area contributed by atoms with Crippen molar-refractivity contribution in [1.29, 1.82) is 0 Å². The third-order valence-corrected chi connectivity index (χ3v) is 3.61. The average Bonchev–Trinajstić information content (AvgIpc) is 2.38. The summed E-state index contributed by atoms with van der Waals surface area (Å²) in [6.45, 7) is 3.66. The highest BCUT2D eigenvalue weighted by Crippen LogP contribution is 2.20. The summed E-state index contributed by atoms with van der Waals surface area (Å²) in [5.74, 6) is 0. The van der Waals surface area contributed by atoms with E-state index >= 15 is 0 Å². The number of rotatable bonds is 4. The second-order valence-corrected chi connectivity index (χ2v) is 5.29. The fourth-order valence-electron chi connectivity index (χ4n) is 2.09. The number of aryl methyl sites for hydroxylation is 1. The van der Waals surface area contributed by atoms with Gasteiger partial charge in [-0.3, -0.25) is 0 Å². The van der Waals surface area contributed by atoms with Crippen molar-refractivity contribution in [2.75, 3.05) is 6.61 Å². The zero-order chi connectivity index (χ0) is 12.1. The first kappa shape index (κ1) is 13.1. The van der Waals surface area contributed by atoms with E-state index in [0.29, 0.717) is 6.61 Å². The molecule has 0 N–H and O–H groups in total. The van der Waals surface area contributed by atoms with Gasteiger partial charge < -0.3 is 9.47 Å². The minimum absolute atomic E-state index is 0.00268. The van der Waals surface area contributed by atoms with Gasteiger partial charge in [-0.05, 0) is 48.9 Å². The van der Waals surface area contributed by atoms with Crippen LogP contribution in [0.5, 0.6) is 0 Å². The summed E-state index contributed by atoms with van der Waals surface area (Å²) in [6, 6.07) is 6.37. The van der Waals surface area contributed by atoms with E-state index in [0.717, 1.165) is 23.9 Å². The van der Waals surface area contributed by atoms with Crippen LogP contribution in [-0.2, 0) is 22.5 Å². The molecule has 0 spiro atoms. The van der Waals surface area contributed by atoms with Crippen LogP contribution >= 0.6 is 15.9 Å². The molecule has 1 aromatic rings. The Kier molecular flexibility index (Phi) is 5.01. The molecule has 1 heterocycles.